The summed E-state index contributed by atoms with van der Waals surface area (Å²) < 4.78 is 0. The van der Waals surface area contributed by atoms with Gasteiger partial charge in [0.2, 0.25) is 0 Å². The lowest BCUT2D eigenvalue weighted by molar-refractivity contribution is 0.387. The van der Waals surface area contributed by atoms with Crippen LogP contribution >= 0.6 is 11.6 Å². The van der Waals surface area contributed by atoms with Crippen LogP contribution in [0.5, 0.6) is 0 Å². The number of nitrogens with zero attached hydrogens (tertiary/aromatic N) is 1. The Morgan fingerprint density at radius 1 is 1.44 bits per heavy atom. The number of hydrogen-bond donors (Lipinski definition) is 1. The maximum Gasteiger partial charge on any atom is 0.0453 e. The molecule has 1 fully saturated rings. The number of rotatable bonds is 3. The second-order valence-electron chi connectivity index (χ2n) is 4.66. The van der Waals surface area contributed by atoms with Crippen molar-refractivity contribution in [1.29, 1.82) is 0 Å². The number of nitrogens with one attached hydrogen (secondary N) is 1. The van der Waals surface area contributed by atoms with Crippen LogP contribution in [0.2, 0.25) is 5.02 Å². The first-order chi connectivity index (χ1) is 7.66. The fourth-order valence-corrected chi connectivity index (χ4v) is 2.64. The maximum atomic E-state index is 6.18. The first-order valence-electron chi connectivity index (χ1n) is 5.86. The number of hydrogen-bond acceptors (Lipinski definition) is 2. The van der Waals surface area contributed by atoms with Crippen molar-refractivity contribution >= 4 is 11.6 Å². The number of likely N-dealkylation sites (N-methyl/N-ethyl adjacent to an activating group) is 1. The third-order valence-corrected chi connectivity index (χ3v) is 3.59. The molecule has 2 unspecified atom stereocenters. The summed E-state index contributed by atoms with van der Waals surface area (Å²) in [7, 11) is 2.17. The highest BCUT2D eigenvalue weighted by molar-refractivity contribution is 6.31. The summed E-state index contributed by atoms with van der Waals surface area (Å²) in [5.41, 5.74) is 1.19. The lowest BCUT2D eigenvalue weighted by Crippen LogP contribution is -2.33. The fraction of sp³-hybridized carbons (Fsp3) is 0.538. The minimum Gasteiger partial charge on any atom is -0.306 e. The minimum atomic E-state index is 0.324. The van der Waals surface area contributed by atoms with Gasteiger partial charge in [-0.1, -0.05) is 29.8 Å². The van der Waals surface area contributed by atoms with E-state index >= 15 is 0 Å². The van der Waals surface area contributed by atoms with Crippen LogP contribution in [-0.2, 0) is 0 Å². The maximum absolute atomic E-state index is 6.18. The Balaban J connectivity index is 1.98. The van der Waals surface area contributed by atoms with Crippen molar-refractivity contribution in [3.63, 3.8) is 0 Å². The van der Waals surface area contributed by atoms with Gasteiger partial charge in [0.25, 0.3) is 0 Å². The molecule has 0 bridgehead atoms. The van der Waals surface area contributed by atoms with Crippen LogP contribution in [0.3, 0.4) is 0 Å². The van der Waals surface area contributed by atoms with Gasteiger partial charge in [0.1, 0.15) is 0 Å². The van der Waals surface area contributed by atoms with Crippen LogP contribution < -0.4 is 5.32 Å². The standard InChI is InChI=1S/C13H19ClN2/c1-10(12-5-3-4-6-13(12)14)15-11-7-8-16(2)9-11/h3-6,10-11,15H,7-9H2,1-2H3. The zero-order chi connectivity index (χ0) is 11.5. The zero-order valence-electron chi connectivity index (χ0n) is 9.91. The lowest BCUT2D eigenvalue weighted by Gasteiger charge is -2.20. The molecule has 1 N–H and O–H groups in total. The highest BCUT2D eigenvalue weighted by atomic mass is 35.5. The molecule has 1 aromatic carbocycles. The van der Waals surface area contributed by atoms with Crippen molar-refractivity contribution in [2.75, 3.05) is 20.1 Å². The summed E-state index contributed by atoms with van der Waals surface area (Å²) in [5.74, 6) is 0. The molecule has 0 spiro atoms. The van der Waals surface area contributed by atoms with Crippen molar-refractivity contribution in [3.8, 4) is 0 Å². The Morgan fingerprint density at radius 2 is 2.19 bits per heavy atom. The third kappa shape index (κ3) is 2.76. The van der Waals surface area contributed by atoms with Crippen LogP contribution in [0, 0.1) is 0 Å². The topological polar surface area (TPSA) is 15.3 Å². The zero-order valence-corrected chi connectivity index (χ0v) is 10.7. The summed E-state index contributed by atoms with van der Waals surface area (Å²) in [6, 6.07) is 8.98. The number of halogens is 1. The molecule has 16 heavy (non-hydrogen) atoms. The molecule has 3 heteroatoms. The van der Waals surface area contributed by atoms with E-state index < -0.39 is 0 Å². The van der Waals surface area contributed by atoms with E-state index in [1.54, 1.807) is 0 Å². The summed E-state index contributed by atoms with van der Waals surface area (Å²) >= 11 is 6.18. The molecular weight excluding hydrogens is 220 g/mol. The first-order valence-corrected chi connectivity index (χ1v) is 6.23. The Labute approximate surface area is 103 Å². The molecule has 2 atom stereocenters. The van der Waals surface area contributed by atoms with E-state index in [1.807, 2.05) is 18.2 Å². The molecule has 0 radical (unpaired) electrons. The van der Waals surface area contributed by atoms with Gasteiger partial charge in [-0.25, -0.2) is 0 Å². The van der Waals surface area contributed by atoms with E-state index in [2.05, 4.69) is 30.3 Å². The predicted octanol–water partition coefficient (Wildman–Crippen LogP) is 2.69. The van der Waals surface area contributed by atoms with Gasteiger partial charge in [-0.15, -0.1) is 0 Å². The quantitative estimate of drug-likeness (QED) is 0.871. The van der Waals surface area contributed by atoms with Crippen molar-refractivity contribution < 1.29 is 0 Å². The molecule has 1 aromatic rings. The van der Waals surface area contributed by atoms with Crippen LogP contribution in [-0.4, -0.2) is 31.1 Å². The Morgan fingerprint density at radius 3 is 2.81 bits per heavy atom. The van der Waals surface area contributed by atoms with Crippen LogP contribution in [0.15, 0.2) is 24.3 Å². The second kappa shape index (κ2) is 5.17. The van der Waals surface area contributed by atoms with Gasteiger partial charge in [0.15, 0.2) is 0 Å². The van der Waals surface area contributed by atoms with Crippen molar-refractivity contribution in [3.05, 3.63) is 34.9 Å². The van der Waals surface area contributed by atoms with E-state index in [0.717, 1.165) is 11.6 Å². The lowest BCUT2D eigenvalue weighted by atomic mass is 10.1. The summed E-state index contributed by atoms with van der Waals surface area (Å²) in [5, 5.41) is 4.50. The van der Waals surface area contributed by atoms with Crippen LogP contribution in [0.4, 0.5) is 0 Å². The summed E-state index contributed by atoms with van der Waals surface area (Å²) in [6.45, 7) is 4.50. The van der Waals surface area contributed by atoms with Gasteiger partial charge >= 0.3 is 0 Å². The highest BCUT2D eigenvalue weighted by Gasteiger charge is 2.21. The van der Waals surface area contributed by atoms with Crippen molar-refractivity contribution in [1.82, 2.24) is 10.2 Å². The van der Waals surface area contributed by atoms with Crippen molar-refractivity contribution in [2.45, 2.75) is 25.4 Å². The van der Waals surface area contributed by atoms with E-state index in [4.69, 9.17) is 11.6 Å². The fourth-order valence-electron chi connectivity index (χ4n) is 2.34. The van der Waals surface area contributed by atoms with E-state index in [0.29, 0.717) is 12.1 Å². The van der Waals surface area contributed by atoms with Gasteiger partial charge in [-0.3, -0.25) is 0 Å². The molecule has 1 aliphatic heterocycles. The number of likely N-dealkylation sites (tertiary alicyclic amines) is 1. The normalized spacial score (nSPS) is 23.6. The smallest absolute Gasteiger partial charge is 0.0453 e. The van der Waals surface area contributed by atoms with Crippen molar-refractivity contribution in [2.24, 2.45) is 0 Å². The van der Waals surface area contributed by atoms with Gasteiger partial charge in [0.05, 0.1) is 0 Å². The molecule has 0 saturated carbocycles. The average Bonchev–Trinajstić information content (AvgIpc) is 2.64. The molecule has 2 rings (SSSR count). The molecular formula is C13H19ClN2. The molecule has 0 aromatic heterocycles. The third-order valence-electron chi connectivity index (χ3n) is 3.25. The predicted molar refractivity (Wildman–Crippen MR) is 68.9 cm³/mol. The Hall–Kier alpha value is -0.570. The minimum absolute atomic E-state index is 0.324. The molecule has 2 nitrogen and oxygen atoms in total. The molecule has 1 aliphatic rings. The summed E-state index contributed by atoms with van der Waals surface area (Å²) in [4.78, 5) is 2.36. The highest BCUT2D eigenvalue weighted by Crippen LogP contribution is 2.23. The molecule has 88 valence electrons. The molecule has 0 aliphatic carbocycles. The summed E-state index contributed by atoms with van der Waals surface area (Å²) in [6.07, 6.45) is 1.23. The van der Waals surface area contributed by atoms with Gasteiger partial charge in [-0.2, -0.15) is 0 Å². The molecule has 1 heterocycles. The SMILES string of the molecule is CC(NC1CCN(C)C1)c1ccccc1Cl. The van der Waals surface area contributed by atoms with Crippen LogP contribution in [0.25, 0.3) is 0 Å². The molecule has 0 amide bonds. The van der Waals surface area contributed by atoms with Gasteiger partial charge in [-0.05, 0) is 38.6 Å². The van der Waals surface area contributed by atoms with Crippen LogP contribution in [0.1, 0.15) is 24.9 Å². The first kappa shape index (κ1) is 11.9. The average molecular weight is 239 g/mol. The van der Waals surface area contributed by atoms with Gasteiger partial charge < -0.3 is 10.2 Å². The van der Waals surface area contributed by atoms with Gasteiger partial charge in [0, 0.05) is 23.7 Å². The van der Waals surface area contributed by atoms with E-state index in [1.165, 1.54) is 18.5 Å². The van der Waals surface area contributed by atoms with E-state index in [9.17, 15) is 0 Å². The van der Waals surface area contributed by atoms with E-state index in [-0.39, 0.29) is 0 Å². The Kier molecular flexibility index (Phi) is 3.85. The second-order valence-corrected chi connectivity index (χ2v) is 5.06. The largest absolute Gasteiger partial charge is 0.306 e. The number of benzene rings is 1. The monoisotopic (exact) mass is 238 g/mol. The molecule has 1 saturated heterocycles. The Bertz CT molecular complexity index is 354.